The molecule has 4 heteroatoms. The first-order chi connectivity index (χ1) is 10.1. The summed E-state index contributed by atoms with van der Waals surface area (Å²) in [5.41, 5.74) is 3.58. The normalized spacial score (nSPS) is 11.0. The Bertz CT molecular complexity index is 772. The fourth-order valence-corrected chi connectivity index (χ4v) is 2.22. The molecule has 3 aromatic rings. The van der Waals surface area contributed by atoms with Crippen LogP contribution in [0.5, 0.6) is 0 Å². The van der Waals surface area contributed by atoms with Crippen LogP contribution in [-0.4, -0.2) is 15.3 Å². The quantitative estimate of drug-likeness (QED) is 0.794. The summed E-state index contributed by atoms with van der Waals surface area (Å²) in [5.74, 6) is 0.370. The first-order valence-corrected chi connectivity index (χ1v) is 6.96. The van der Waals surface area contributed by atoms with Gasteiger partial charge in [0.1, 0.15) is 0 Å². The van der Waals surface area contributed by atoms with Crippen molar-refractivity contribution in [3.63, 3.8) is 0 Å². The van der Waals surface area contributed by atoms with E-state index in [9.17, 15) is 4.79 Å². The molecule has 0 saturated carbocycles. The molecular weight excluding hydrogens is 262 g/mol. The maximum Gasteiger partial charge on any atom is 0.255 e. The number of rotatable bonds is 3. The number of amides is 1. The third-order valence-electron chi connectivity index (χ3n) is 3.51. The van der Waals surface area contributed by atoms with Gasteiger partial charge in [-0.1, -0.05) is 26.0 Å². The van der Waals surface area contributed by atoms with E-state index in [-0.39, 0.29) is 5.91 Å². The number of hydrogen-bond donors (Lipinski definition) is 1. The SMILES string of the molecule is CC(C)c1ccc(NC(=O)c2ccn3cncc3c2)cc1. The minimum Gasteiger partial charge on any atom is -0.322 e. The van der Waals surface area contributed by atoms with Crippen molar-refractivity contribution in [3.05, 3.63) is 66.2 Å². The third-order valence-corrected chi connectivity index (χ3v) is 3.51. The summed E-state index contributed by atoms with van der Waals surface area (Å²) < 4.78 is 1.87. The predicted octanol–water partition coefficient (Wildman–Crippen LogP) is 3.71. The van der Waals surface area contributed by atoms with Crippen LogP contribution < -0.4 is 5.32 Å². The Morgan fingerprint density at radius 1 is 1.19 bits per heavy atom. The Morgan fingerprint density at radius 3 is 2.67 bits per heavy atom. The molecule has 0 unspecified atom stereocenters. The highest BCUT2D eigenvalue weighted by Gasteiger charge is 2.07. The van der Waals surface area contributed by atoms with E-state index >= 15 is 0 Å². The van der Waals surface area contributed by atoms with Crippen LogP contribution in [0.4, 0.5) is 5.69 Å². The Morgan fingerprint density at radius 2 is 1.95 bits per heavy atom. The van der Waals surface area contributed by atoms with Gasteiger partial charge in [-0.05, 0) is 35.7 Å². The molecule has 0 aliphatic rings. The molecule has 2 heterocycles. The molecule has 1 aromatic carbocycles. The molecule has 0 fully saturated rings. The lowest BCUT2D eigenvalue weighted by atomic mass is 10.0. The van der Waals surface area contributed by atoms with Crippen LogP contribution in [0.2, 0.25) is 0 Å². The molecule has 1 amide bonds. The number of hydrogen-bond acceptors (Lipinski definition) is 2. The molecule has 0 atom stereocenters. The van der Waals surface area contributed by atoms with E-state index < -0.39 is 0 Å². The highest BCUT2D eigenvalue weighted by atomic mass is 16.1. The van der Waals surface area contributed by atoms with Gasteiger partial charge in [-0.25, -0.2) is 4.98 Å². The van der Waals surface area contributed by atoms with Crippen LogP contribution in [0.1, 0.15) is 35.7 Å². The fraction of sp³-hybridized carbons (Fsp3) is 0.176. The van der Waals surface area contributed by atoms with Gasteiger partial charge in [0.15, 0.2) is 0 Å². The highest BCUT2D eigenvalue weighted by molar-refractivity contribution is 6.04. The number of imidazole rings is 1. The highest BCUT2D eigenvalue weighted by Crippen LogP contribution is 2.18. The van der Waals surface area contributed by atoms with Crippen molar-refractivity contribution in [1.82, 2.24) is 9.38 Å². The van der Waals surface area contributed by atoms with E-state index in [0.717, 1.165) is 11.2 Å². The summed E-state index contributed by atoms with van der Waals surface area (Å²) in [5, 5.41) is 2.91. The van der Waals surface area contributed by atoms with Gasteiger partial charge in [0.25, 0.3) is 5.91 Å². The number of anilines is 1. The van der Waals surface area contributed by atoms with E-state index in [2.05, 4.69) is 24.1 Å². The van der Waals surface area contributed by atoms with E-state index in [1.54, 1.807) is 18.6 Å². The van der Waals surface area contributed by atoms with Gasteiger partial charge in [-0.15, -0.1) is 0 Å². The average Bonchev–Trinajstić information content (AvgIpc) is 2.95. The summed E-state index contributed by atoms with van der Waals surface area (Å²) >= 11 is 0. The maximum absolute atomic E-state index is 12.3. The summed E-state index contributed by atoms with van der Waals surface area (Å²) in [7, 11) is 0. The average molecular weight is 279 g/mol. The zero-order chi connectivity index (χ0) is 14.8. The number of aromatic nitrogens is 2. The first kappa shape index (κ1) is 13.4. The number of pyridine rings is 1. The zero-order valence-electron chi connectivity index (χ0n) is 12.1. The number of fused-ring (bicyclic) bond motifs is 1. The van der Waals surface area contributed by atoms with Crippen LogP contribution in [0.25, 0.3) is 5.52 Å². The lowest BCUT2D eigenvalue weighted by molar-refractivity contribution is 0.102. The van der Waals surface area contributed by atoms with Crippen molar-refractivity contribution >= 4 is 17.1 Å². The van der Waals surface area contributed by atoms with Gasteiger partial charge in [-0.3, -0.25) is 4.79 Å². The molecule has 3 rings (SSSR count). The van der Waals surface area contributed by atoms with Gasteiger partial charge in [0, 0.05) is 17.4 Å². The van der Waals surface area contributed by atoms with Gasteiger partial charge in [0.05, 0.1) is 18.0 Å². The van der Waals surface area contributed by atoms with Crippen LogP contribution >= 0.6 is 0 Å². The fourth-order valence-electron chi connectivity index (χ4n) is 2.22. The van der Waals surface area contributed by atoms with E-state index in [1.807, 2.05) is 40.9 Å². The summed E-state index contributed by atoms with van der Waals surface area (Å²) in [6.45, 7) is 4.29. The van der Waals surface area contributed by atoms with Crippen LogP contribution in [0, 0.1) is 0 Å². The summed E-state index contributed by atoms with van der Waals surface area (Å²) in [6, 6.07) is 11.6. The first-order valence-electron chi connectivity index (χ1n) is 6.96. The van der Waals surface area contributed by atoms with E-state index in [0.29, 0.717) is 11.5 Å². The molecule has 0 aliphatic heterocycles. The topological polar surface area (TPSA) is 46.4 Å². The van der Waals surface area contributed by atoms with Gasteiger partial charge in [0.2, 0.25) is 0 Å². The van der Waals surface area contributed by atoms with Gasteiger partial charge >= 0.3 is 0 Å². The molecule has 1 N–H and O–H groups in total. The smallest absolute Gasteiger partial charge is 0.255 e. The molecule has 0 aliphatic carbocycles. The minimum absolute atomic E-state index is 0.115. The van der Waals surface area contributed by atoms with Gasteiger partial charge in [-0.2, -0.15) is 0 Å². The Hall–Kier alpha value is -2.62. The number of nitrogens with one attached hydrogen (secondary N) is 1. The van der Waals surface area contributed by atoms with Crippen LogP contribution in [0.3, 0.4) is 0 Å². The second kappa shape index (κ2) is 5.40. The number of carbonyl (C=O) groups excluding carboxylic acids is 1. The largest absolute Gasteiger partial charge is 0.322 e. The predicted molar refractivity (Wildman–Crippen MR) is 83.7 cm³/mol. The monoisotopic (exact) mass is 279 g/mol. The van der Waals surface area contributed by atoms with Crippen molar-refractivity contribution in [2.75, 3.05) is 5.32 Å². The van der Waals surface area contributed by atoms with E-state index in [4.69, 9.17) is 0 Å². The van der Waals surface area contributed by atoms with E-state index in [1.165, 1.54) is 5.56 Å². The molecule has 0 spiro atoms. The molecule has 0 saturated heterocycles. The standard InChI is InChI=1S/C17H17N3O/c1-12(2)13-3-5-15(6-4-13)19-17(21)14-7-8-20-11-18-10-16(20)9-14/h3-12H,1-2H3,(H,19,21). The lowest BCUT2D eigenvalue weighted by Gasteiger charge is -2.08. The van der Waals surface area contributed by atoms with Crippen molar-refractivity contribution in [2.45, 2.75) is 19.8 Å². The minimum atomic E-state index is -0.115. The summed E-state index contributed by atoms with van der Waals surface area (Å²) in [6.07, 6.45) is 5.27. The zero-order valence-corrected chi connectivity index (χ0v) is 12.1. The molecular formula is C17H17N3O. The molecule has 0 bridgehead atoms. The molecule has 106 valence electrons. The molecule has 21 heavy (non-hydrogen) atoms. The lowest BCUT2D eigenvalue weighted by Crippen LogP contribution is -2.12. The maximum atomic E-state index is 12.3. The molecule has 2 aromatic heterocycles. The van der Waals surface area contributed by atoms with Gasteiger partial charge < -0.3 is 9.72 Å². The number of benzene rings is 1. The van der Waals surface area contributed by atoms with Crippen molar-refractivity contribution in [2.24, 2.45) is 0 Å². The second-order valence-corrected chi connectivity index (χ2v) is 5.37. The van der Waals surface area contributed by atoms with Crippen LogP contribution in [0.15, 0.2) is 55.1 Å². The number of nitrogens with zero attached hydrogens (tertiary/aromatic N) is 2. The third kappa shape index (κ3) is 2.79. The number of carbonyl (C=O) groups is 1. The second-order valence-electron chi connectivity index (χ2n) is 5.37. The van der Waals surface area contributed by atoms with Crippen LogP contribution in [-0.2, 0) is 0 Å². The Kier molecular flexibility index (Phi) is 3.44. The molecule has 0 radical (unpaired) electrons. The van der Waals surface area contributed by atoms with Crippen molar-refractivity contribution in [1.29, 1.82) is 0 Å². The van der Waals surface area contributed by atoms with Crippen molar-refractivity contribution in [3.8, 4) is 0 Å². The van der Waals surface area contributed by atoms with Crippen molar-refractivity contribution < 1.29 is 4.79 Å². The summed E-state index contributed by atoms with van der Waals surface area (Å²) in [4.78, 5) is 16.3. The Labute approximate surface area is 123 Å². The Balaban J connectivity index is 1.78. The molecule has 4 nitrogen and oxygen atoms in total.